The van der Waals surface area contributed by atoms with Crippen molar-refractivity contribution >= 4 is 52.9 Å². The van der Waals surface area contributed by atoms with E-state index in [-0.39, 0.29) is 6.61 Å². The molecule has 2 rings (SSSR count). The van der Waals surface area contributed by atoms with Gasteiger partial charge in [0.2, 0.25) is 0 Å². The number of ether oxygens (including phenoxy) is 4. The quantitative estimate of drug-likeness (QED) is 0.462. The van der Waals surface area contributed by atoms with E-state index in [1.807, 2.05) is 0 Å². The molecular formula is C19H22Cl2O7S. The predicted octanol–water partition coefficient (Wildman–Crippen LogP) is 3.87. The Morgan fingerprint density at radius 2 is 1.66 bits per heavy atom. The molecule has 29 heavy (non-hydrogen) atoms. The van der Waals surface area contributed by atoms with Gasteiger partial charge < -0.3 is 18.9 Å². The van der Waals surface area contributed by atoms with Crippen molar-refractivity contribution < 1.29 is 33.3 Å². The van der Waals surface area contributed by atoms with Gasteiger partial charge >= 0.3 is 17.9 Å². The number of rotatable bonds is 6. The molecule has 1 heterocycles. The van der Waals surface area contributed by atoms with Crippen LogP contribution in [0, 0.1) is 5.92 Å². The highest BCUT2D eigenvalue weighted by Gasteiger charge is 2.48. The summed E-state index contributed by atoms with van der Waals surface area (Å²) in [6.07, 6.45) is -2.25. The van der Waals surface area contributed by atoms with E-state index in [0.29, 0.717) is 14.9 Å². The zero-order valence-electron chi connectivity index (χ0n) is 16.3. The topological polar surface area (TPSA) is 88.1 Å². The van der Waals surface area contributed by atoms with E-state index in [0.717, 1.165) is 0 Å². The first-order valence-corrected chi connectivity index (χ1v) is 10.5. The average Bonchev–Trinajstić information content (AvgIpc) is 2.60. The van der Waals surface area contributed by atoms with Gasteiger partial charge in [0.1, 0.15) is 30.4 Å². The van der Waals surface area contributed by atoms with Crippen LogP contribution < -0.4 is 0 Å². The Kier molecular flexibility index (Phi) is 8.63. The molecule has 0 aliphatic carbocycles. The van der Waals surface area contributed by atoms with E-state index < -0.39 is 47.6 Å². The van der Waals surface area contributed by atoms with Gasteiger partial charge in [-0.3, -0.25) is 14.4 Å². The number of esters is 3. The van der Waals surface area contributed by atoms with Crippen LogP contribution in [0.25, 0.3) is 0 Å². The molecule has 1 aliphatic heterocycles. The normalized spacial score (nSPS) is 26.5. The summed E-state index contributed by atoms with van der Waals surface area (Å²) in [7, 11) is 0. The van der Waals surface area contributed by atoms with Crippen LogP contribution in [-0.2, 0) is 33.3 Å². The summed E-state index contributed by atoms with van der Waals surface area (Å²) in [4.78, 5) is 35.2. The molecule has 0 bridgehead atoms. The molecule has 0 saturated carbocycles. The number of thioether (sulfide) groups is 1. The Bertz CT molecular complexity index is 771. The van der Waals surface area contributed by atoms with E-state index in [2.05, 4.69) is 0 Å². The third-order valence-corrected chi connectivity index (χ3v) is 6.05. The zero-order valence-corrected chi connectivity index (χ0v) is 18.7. The van der Waals surface area contributed by atoms with Crippen LogP contribution in [0.15, 0.2) is 23.1 Å². The van der Waals surface area contributed by atoms with Gasteiger partial charge in [-0.1, -0.05) is 41.9 Å². The first-order valence-electron chi connectivity index (χ1n) is 8.83. The molecule has 3 unspecified atom stereocenters. The highest BCUT2D eigenvalue weighted by Crippen LogP contribution is 2.41. The van der Waals surface area contributed by atoms with Gasteiger partial charge in [0.05, 0.1) is 5.02 Å². The molecule has 0 amide bonds. The van der Waals surface area contributed by atoms with Crippen molar-refractivity contribution in [2.75, 3.05) is 6.61 Å². The summed E-state index contributed by atoms with van der Waals surface area (Å²) in [5.74, 6) is -1.94. The molecule has 5 atom stereocenters. The molecule has 0 spiro atoms. The second kappa shape index (κ2) is 10.5. The van der Waals surface area contributed by atoms with Crippen molar-refractivity contribution in [3.63, 3.8) is 0 Å². The van der Waals surface area contributed by atoms with Crippen LogP contribution in [0.3, 0.4) is 0 Å². The summed E-state index contributed by atoms with van der Waals surface area (Å²) < 4.78 is 22.0. The predicted molar refractivity (Wildman–Crippen MR) is 108 cm³/mol. The average molecular weight is 465 g/mol. The van der Waals surface area contributed by atoms with Gasteiger partial charge in [-0.05, 0) is 18.2 Å². The van der Waals surface area contributed by atoms with Gasteiger partial charge in [-0.25, -0.2) is 0 Å². The van der Waals surface area contributed by atoms with Crippen LogP contribution in [0.5, 0.6) is 0 Å². The lowest BCUT2D eigenvalue weighted by Gasteiger charge is -2.43. The van der Waals surface area contributed by atoms with Gasteiger partial charge in [0, 0.05) is 36.6 Å². The highest BCUT2D eigenvalue weighted by atomic mass is 35.5. The number of benzene rings is 1. The smallest absolute Gasteiger partial charge is 0.303 e. The van der Waals surface area contributed by atoms with E-state index in [9.17, 15) is 14.4 Å². The van der Waals surface area contributed by atoms with Gasteiger partial charge in [0.15, 0.2) is 0 Å². The molecule has 1 aromatic carbocycles. The summed E-state index contributed by atoms with van der Waals surface area (Å²) in [6.45, 7) is 5.49. The molecule has 160 valence electrons. The van der Waals surface area contributed by atoms with Crippen LogP contribution >= 0.6 is 35.0 Å². The SMILES string of the molecule is CC(=O)OCC1O[C@H](Sc2ccc(Cl)cc2Cl)C(OC(C)=O)C(C)[C@H]1OC(C)=O. The van der Waals surface area contributed by atoms with E-state index in [4.69, 9.17) is 42.1 Å². The molecule has 0 aromatic heterocycles. The first kappa shape index (κ1) is 23.8. The Morgan fingerprint density at radius 3 is 2.21 bits per heavy atom. The molecule has 1 fully saturated rings. The van der Waals surface area contributed by atoms with E-state index >= 15 is 0 Å². The molecule has 0 radical (unpaired) electrons. The fourth-order valence-corrected chi connectivity index (χ4v) is 4.70. The maximum atomic E-state index is 11.7. The van der Waals surface area contributed by atoms with Crippen molar-refractivity contribution in [1.29, 1.82) is 0 Å². The molecule has 1 saturated heterocycles. The lowest BCUT2D eigenvalue weighted by atomic mass is 9.91. The standard InChI is InChI=1S/C19H22Cl2O7S/c1-9-17(26-11(3)23)15(8-25-10(2)22)28-19(18(9)27-12(4)24)29-16-6-5-13(20)7-14(16)21/h5-7,9,15,17-19H,8H2,1-4H3/t9?,15?,17-,18?,19-/m1/s1. The number of halogens is 2. The molecular weight excluding hydrogens is 443 g/mol. The van der Waals surface area contributed by atoms with E-state index in [1.165, 1.54) is 32.5 Å². The van der Waals surface area contributed by atoms with Crippen molar-refractivity contribution in [1.82, 2.24) is 0 Å². The molecule has 7 nitrogen and oxygen atoms in total. The lowest BCUT2D eigenvalue weighted by Crippen LogP contribution is -2.56. The summed E-state index contributed by atoms with van der Waals surface area (Å²) in [5.41, 5.74) is -0.681. The minimum absolute atomic E-state index is 0.115. The van der Waals surface area contributed by atoms with Crippen LogP contribution in [0.2, 0.25) is 10.0 Å². The maximum Gasteiger partial charge on any atom is 0.303 e. The van der Waals surface area contributed by atoms with Crippen molar-refractivity contribution in [2.24, 2.45) is 5.92 Å². The molecule has 1 aliphatic rings. The van der Waals surface area contributed by atoms with Gasteiger partial charge in [0.25, 0.3) is 0 Å². The van der Waals surface area contributed by atoms with Crippen molar-refractivity contribution in [3.05, 3.63) is 28.2 Å². The maximum absolute atomic E-state index is 11.7. The Labute approximate surface area is 183 Å². The summed E-state index contributed by atoms with van der Waals surface area (Å²) >= 11 is 13.5. The first-order chi connectivity index (χ1) is 13.6. The van der Waals surface area contributed by atoms with Crippen molar-refractivity contribution in [2.45, 2.75) is 56.3 Å². The monoisotopic (exact) mass is 464 g/mol. The number of hydrogen-bond donors (Lipinski definition) is 0. The molecule has 1 aromatic rings. The summed E-state index contributed by atoms with van der Waals surface area (Å²) in [6, 6.07) is 5.00. The Balaban J connectivity index is 2.33. The van der Waals surface area contributed by atoms with Crippen molar-refractivity contribution in [3.8, 4) is 0 Å². The third kappa shape index (κ3) is 6.77. The number of carbonyl (C=O) groups excluding carboxylic acids is 3. The van der Waals surface area contributed by atoms with Crippen LogP contribution in [0.4, 0.5) is 0 Å². The van der Waals surface area contributed by atoms with Gasteiger partial charge in [-0.15, -0.1) is 0 Å². The number of hydrogen-bond acceptors (Lipinski definition) is 8. The zero-order chi connectivity index (χ0) is 21.7. The Hall–Kier alpha value is -1.48. The fourth-order valence-electron chi connectivity index (χ4n) is 2.95. The van der Waals surface area contributed by atoms with Gasteiger partial charge in [-0.2, -0.15) is 0 Å². The minimum Gasteiger partial charge on any atom is -0.463 e. The molecule has 0 N–H and O–H groups in total. The lowest BCUT2D eigenvalue weighted by molar-refractivity contribution is -0.212. The molecule has 10 heteroatoms. The highest BCUT2D eigenvalue weighted by molar-refractivity contribution is 8.00. The van der Waals surface area contributed by atoms with E-state index in [1.54, 1.807) is 25.1 Å². The van der Waals surface area contributed by atoms with Crippen LogP contribution in [0.1, 0.15) is 27.7 Å². The second-order valence-corrected chi connectivity index (χ2v) is 8.53. The van der Waals surface area contributed by atoms with Crippen LogP contribution in [-0.4, -0.2) is 48.3 Å². The fraction of sp³-hybridized carbons (Fsp3) is 0.526. The minimum atomic E-state index is -0.770. The largest absolute Gasteiger partial charge is 0.463 e. The Morgan fingerprint density at radius 1 is 1.03 bits per heavy atom. The summed E-state index contributed by atoms with van der Waals surface area (Å²) in [5, 5.41) is 0.899. The third-order valence-electron chi connectivity index (χ3n) is 4.17. The number of carbonyl (C=O) groups is 3. The second-order valence-electron chi connectivity index (χ2n) is 6.55.